The van der Waals surface area contributed by atoms with E-state index in [2.05, 4.69) is 27.6 Å². The second-order valence-corrected chi connectivity index (χ2v) is 5.63. The van der Waals surface area contributed by atoms with Crippen molar-refractivity contribution in [3.8, 4) is 0 Å². The highest BCUT2D eigenvalue weighted by molar-refractivity contribution is 5.94. The predicted octanol–water partition coefficient (Wildman–Crippen LogP) is 2.12. The van der Waals surface area contributed by atoms with Crippen LogP contribution in [-0.2, 0) is 0 Å². The third-order valence-electron chi connectivity index (χ3n) is 4.08. The van der Waals surface area contributed by atoms with Gasteiger partial charge in [-0.05, 0) is 38.9 Å². The van der Waals surface area contributed by atoms with E-state index >= 15 is 0 Å². The van der Waals surface area contributed by atoms with Crippen molar-refractivity contribution in [1.29, 1.82) is 0 Å². The van der Waals surface area contributed by atoms with E-state index in [4.69, 9.17) is 0 Å². The van der Waals surface area contributed by atoms with E-state index in [9.17, 15) is 4.79 Å². The zero-order valence-corrected chi connectivity index (χ0v) is 13.1. The Morgan fingerprint density at radius 3 is 2.90 bits per heavy atom. The van der Waals surface area contributed by atoms with E-state index in [0.29, 0.717) is 18.2 Å². The van der Waals surface area contributed by atoms with Crippen LogP contribution in [0.25, 0.3) is 0 Å². The first kappa shape index (κ1) is 15.8. The van der Waals surface area contributed by atoms with E-state index in [-0.39, 0.29) is 5.91 Å². The van der Waals surface area contributed by atoms with Crippen LogP contribution in [0, 0.1) is 0 Å². The van der Waals surface area contributed by atoms with Crippen LogP contribution in [0.4, 0.5) is 5.82 Å². The van der Waals surface area contributed by atoms with Gasteiger partial charge in [-0.25, -0.2) is 4.98 Å². The molecule has 1 heterocycles. The summed E-state index contributed by atoms with van der Waals surface area (Å²) in [4.78, 5) is 18.7. The molecule has 1 aromatic heterocycles. The molecule has 5 heteroatoms. The van der Waals surface area contributed by atoms with Crippen LogP contribution in [-0.4, -0.2) is 48.5 Å². The van der Waals surface area contributed by atoms with Gasteiger partial charge in [0.15, 0.2) is 0 Å². The van der Waals surface area contributed by atoms with Crippen molar-refractivity contribution < 1.29 is 4.79 Å². The molecule has 0 aromatic carbocycles. The lowest BCUT2D eigenvalue weighted by atomic mass is 10.2. The van der Waals surface area contributed by atoms with Gasteiger partial charge in [-0.2, -0.15) is 0 Å². The molecule has 116 valence electrons. The number of nitrogens with zero attached hydrogens (tertiary/aromatic N) is 2. The van der Waals surface area contributed by atoms with Crippen LogP contribution >= 0.6 is 0 Å². The van der Waals surface area contributed by atoms with Gasteiger partial charge in [-0.15, -0.1) is 0 Å². The Balaban J connectivity index is 1.77. The molecule has 1 aliphatic rings. The molecule has 1 saturated carbocycles. The van der Waals surface area contributed by atoms with E-state index in [1.54, 1.807) is 18.3 Å². The summed E-state index contributed by atoms with van der Waals surface area (Å²) < 4.78 is 0. The molecule has 0 saturated heterocycles. The van der Waals surface area contributed by atoms with Crippen LogP contribution in [0.15, 0.2) is 18.3 Å². The second kappa shape index (κ2) is 7.98. The summed E-state index contributed by atoms with van der Waals surface area (Å²) in [5, 5.41) is 6.10. The third kappa shape index (κ3) is 4.70. The Kier molecular flexibility index (Phi) is 5.99. The van der Waals surface area contributed by atoms with Gasteiger partial charge < -0.3 is 15.5 Å². The highest BCUT2D eigenvalue weighted by Crippen LogP contribution is 2.21. The molecule has 0 bridgehead atoms. The molecule has 1 aromatic rings. The second-order valence-electron chi connectivity index (χ2n) is 5.63. The van der Waals surface area contributed by atoms with Gasteiger partial charge in [0.2, 0.25) is 0 Å². The lowest BCUT2D eigenvalue weighted by Gasteiger charge is -2.23. The molecule has 0 unspecified atom stereocenters. The van der Waals surface area contributed by atoms with Crippen LogP contribution < -0.4 is 10.6 Å². The summed E-state index contributed by atoms with van der Waals surface area (Å²) in [6.07, 6.45) is 6.93. The summed E-state index contributed by atoms with van der Waals surface area (Å²) in [5.74, 6) is 0.713. The summed E-state index contributed by atoms with van der Waals surface area (Å²) in [6.45, 7) is 4.39. The highest BCUT2D eigenvalue weighted by atomic mass is 16.1. The average Bonchev–Trinajstić information content (AvgIpc) is 3.02. The molecule has 1 amide bonds. The fourth-order valence-electron chi connectivity index (χ4n) is 2.83. The summed E-state index contributed by atoms with van der Waals surface area (Å²) in [7, 11) is 2.15. The Bertz CT molecular complexity index is 457. The minimum atomic E-state index is -0.0311. The first-order valence-corrected chi connectivity index (χ1v) is 7.89. The number of rotatable bonds is 7. The number of amides is 1. The lowest BCUT2D eigenvalue weighted by Crippen LogP contribution is -2.37. The molecule has 2 N–H and O–H groups in total. The van der Waals surface area contributed by atoms with Crippen molar-refractivity contribution in [3.63, 3.8) is 0 Å². The summed E-state index contributed by atoms with van der Waals surface area (Å²) >= 11 is 0. The van der Waals surface area contributed by atoms with Crippen molar-refractivity contribution in [2.45, 2.75) is 38.6 Å². The molecule has 0 radical (unpaired) electrons. The highest BCUT2D eigenvalue weighted by Gasteiger charge is 2.19. The van der Waals surface area contributed by atoms with Crippen molar-refractivity contribution in [3.05, 3.63) is 23.9 Å². The topological polar surface area (TPSA) is 57.3 Å². The molecular formula is C16H26N4O. The Labute approximate surface area is 127 Å². The molecular weight excluding hydrogens is 264 g/mol. The number of likely N-dealkylation sites (N-methyl/N-ethyl adjacent to an activating group) is 1. The smallest absolute Gasteiger partial charge is 0.251 e. The number of carbonyl (C=O) groups is 1. The van der Waals surface area contributed by atoms with Gasteiger partial charge in [0, 0.05) is 37.4 Å². The van der Waals surface area contributed by atoms with E-state index in [1.807, 2.05) is 6.92 Å². The van der Waals surface area contributed by atoms with Gasteiger partial charge in [-0.1, -0.05) is 12.8 Å². The number of hydrogen-bond acceptors (Lipinski definition) is 4. The van der Waals surface area contributed by atoms with Gasteiger partial charge in [-0.3, -0.25) is 4.79 Å². The molecule has 2 rings (SSSR count). The van der Waals surface area contributed by atoms with E-state index < -0.39 is 0 Å². The first-order chi connectivity index (χ1) is 10.2. The molecule has 0 atom stereocenters. The van der Waals surface area contributed by atoms with Crippen molar-refractivity contribution in [2.75, 3.05) is 32.0 Å². The van der Waals surface area contributed by atoms with Crippen LogP contribution in [0.2, 0.25) is 0 Å². The monoisotopic (exact) mass is 290 g/mol. The fraction of sp³-hybridized carbons (Fsp3) is 0.625. The average molecular weight is 290 g/mol. The Morgan fingerprint density at radius 2 is 2.19 bits per heavy atom. The van der Waals surface area contributed by atoms with Crippen molar-refractivity contribution >= 4 is 11.7 Å². The molecule has 1 fully saturated rings. The molecule has 0 aliphatic heterocycles. The number of nitrogens with one attached hydrogen (secondary N) is 2. The normalized spacial score (nSPS) is 15.4. The SMILES string of the molecule is CCNc1cc(C(=O)NCCN(C)C2CCCC2)ccn1. The maximum absolute atomic E-state index is 12.1. The first-order valence-electron chi connectivity index (χ1n) is 7.89. The van der Waals surface area contributed by atoms with Crippen LogP contribution in [0.5, 0.6) is 0 Å². The third-order valence-corrected chi connectivity index (χ3v) is 4.08. The van der Waals surface area contributed by atoms with Gasteiger partial charge in [0.25, 0.3) is 5.91 Å². The Morgan fingerprint density at radius 1 is 1.43 bits per heavy atom. The maximum Gasteiger partial charge on any atom is 0.251 e. The molecule has 1 aliphatic carbocycles. The largest absolute Gasteiger partial charge is 0.370 e. The minimum absolute atomic E-state index is 0.0311. The molecule has 21 heavy (non-hydrogen) atoms. The quantitative estimate of drug-likeness (QED) is 0.807. The summed E-state index contributed by atoms with van der Waals surface area (Å²) in [5.41, 5.74) is 0.657. The van der Waals surface area contributed by atoms with Crippen molar-refractivity contribution in [1.82, 2.24) is 15.2 Å². The van der Waals surface area contributed by atoms with Gasteiger partial charge in [0.1, 0.15) is 5.82 Å². The standard InChI is InChI=1S/C16H26N4O/c1-3-17-15-12-13(8-9-18-15)16(21)19-10-11-20(2)14-6-4-5-7-14/h8-9,12,14H,3-7,10-11H2,1-2H3,(H,17,18)(H,19,21). The van der Waals surface area contributed by atoms with Gasteiger partial charge in [0.05, 0.1) is 0 Å². The Hall–Kier alpha value is -1.62. The zero-order chi connectivity index (χ0) is 15.1. The summed E-state index contributed by atoms with van der Waals surface area (Å²) in [6, 6.07) is 4.24. The zero-order valence-electron chi connectivity index (χ0n) is 13.1. The van der Waals surface area contributed by atoms with Gasteiger partial charge >= 0.3 is 0 Å². The van der Waals surface area contributed by atoms with Crippen LogP contribution in [0.3, 0.4) is 0 Å². The van der Waals surface area contributed by atoms with E-state index in [0.717, 1.165) is 18.9 Å². The number of anilines is 1. The molecule has 5 nitrogen and oxygen atoms in total. The maximum atomic E-state index is 12.1. The number of aromatic nitrogens is 1. The number of pyridine rings is 1. The fourth-order valence-corrected chi connectivity index (χ4v) is 2.83. The number of hydrogen-bond donors (Lipinski definition) is 2. The van der Waals surface area contributed by atoms with E-state index in [1.165, 1.54) is 25.7 Å². The predicted molar refractivity (Wildman–Crippen MR) is 85.6 cm³/mol. The number of carbonyl (C=O) groups excluding carboxylic acids is 1. The molecule has 0 spiro atoms. The lowest BCUT2D eigenvalue weighted by molar-refractivity contribution is 0.0947. The van der Waals surface area contributed by atoms with Crippen molar-refractivity contribution in [2.24, 2.45) is 0 Å². The van der Waals surface area contributed by atoms with Crippen LogP contribution in [0.1, 0.15) is 43.0 Å². The minimum Gasteiger partial charge on any atom is -0.370 e.